The fourth-order valence-electron chi connectivity index (χ4n) is 3.33. The van der Waals surface area contributed by atoms with Crippen LogP contribution in [0.5, 0.6) is 0 Å². The molecule has 164 valence electrons. The van der Waals surface area contributed by atoms with Crippen molar-refractivity contribution in [2.45, 2.75) is 32.4 Å². The van der Waals surface area contributed by atoms with Gasteiger partial charge in [-0.3, -0.25) is 9.69 Å². The van der Waals surface area contributed by atoms with Crippen molar-refractivity contribution in [2.24, 2.45) is 0 Å². The monoisotopic (exact) mass is 423 g/mol. The summed E-state index contributed by atoms with van der Waals surface area (Å²) in [5.74, 6) is -1.27. The SMILES string of the molecule is CC(C)(C)OC(=O)N1CCN(C(=O)c2ccc(N3C(=O)OC[C@H]3CO)cc2F)CC1. The maximum Gasteiger partial charge on any atom is 0.414 e. The molecule has 0 aliphatic carbocycles. The predicted octanol–water partition coefficient (Wildman–Crippen LogP) is 1.84. The van der Waals surface area contributed by atoms with E-state index in [-0.39, 0.29) is 50.6 Å². The quantitative estimate of drug-likeness (QED) is 0.796. The molecule has 0 saturated carbocycles. The van der Waals surface area contributed by atoms with Crippen LogP contribution in [0, 0.1) is 5.82 Å². The average molecular weight is 423 g/mol. The van der Waals surface area contributed by atoms with Crippen molar-refractivity contribution in [1.82, 2.24) is 9.80 Å². The highest BCUT2D eigenvalue weighted by Crippen LogP contribution is 2.26. The number of hydrogen-bond donors (Lipinski definition) is 1. The molecule has 10 heteroatoms. The van der Waals surface area contributed by atoms with Gasteiger partial charge in [-0.1, -0.05) is 0 Å². The van der Waals surface area contributed by atoms with Gasteiger partial charge in [0.2, 0.25) is 0 Å². The van der Waals surface area contributed by atoms with Gasteiger partial charge in [0.1, 0.15) is 18.0 Å². The third kappa shape index (κ3) is 4.64. The number of rotatable bonds is 3. The molecule has 2 aliphatic rings. The molecule has 1 N–H and O–H groups in total. The lowest BCUT2D eigenvalue weighted by atomic mass is 10.1. The van der Waals surface area contributed by atoms with Crippen LogP contribution in [0.25, 0.3) is 0 Å². The predicted molar refractivity (Wildman–Crippen MR) is 105 cm³/mol. The zero-order valence-electron chi connectivity index (χ0n) is 17.3. The lowest BCUT2D eigenvalue weighted by molar-refractivity contribution is 0.0140. The van der Waals surface area contributed by atoms with Crippen molar-refractivity contribution in [2.75, 3.05) is 44.3 Å². The lowest BCUT2D eigenvalue weighted by Gasteiger charge is -2.35. The van der Waals surface area contributed by atoms with Gasteiger partial charge in [-0.2, -0.15) is 0 Å². The topological polar surface area (TPSA) is 99.6 Å². The number of cyclic esters (lactones) is 1. The van der Waals surface area contributed by atoms with Crippen molar-refractivity contribution in [1.29, 1.82) is 0 Å². The number of carbonyl (C=O) groups excluding carboxylic acids is 3. The minimum Gasteiger partial charge on any atom is -0.447 e. The van der Waals surface area contributed by atoms with Crippen molar-refractivity contribution in [3.63, 3.8) is 0 Å². The molecule has 3 rings (SSSR count). The Kier molecular flexibility index (Phi) is 6.16. The van der Waals surface area contributed by atoms with Gasteiger partial charge in [0.15, 0.2) is 0 Å². The standard InChI is InChI=1S/C20H26FN3O6/c1-20(2,3)30-18(27)23-8-6-22(7-9-23)17(26)15-5-4-13(10-16(15)21)24-14(11-25)12-29-19(24)28/h4-5,10,14,25H,6-9,11-12H2,1-3H3/t14-/m1/s1. The first-order chi connectivity index (χ1) is 14.1. The Bertz CT molecular complexity index is 832. The van der Waals surface area contributed by atoms with Crippen LogP contribution in [0.4, 0.5) is 19.7 Å². The third-order valence-electron chi connectivity index (χ3n) is 4.85. The van der Waals surface area contributed by atoms with E-state index in [1.54, 1.807) is 20.8 Å². The molecule has 1 aromatic rings. The first-order valence-corrected chi connectivity index (χ1v) is 9.74. The molecule has 9 nitrogen and oxygen atoms in total. The molecule has 3 amide bonds. The number of piperazine rings is 1. The van der Waals surface area contributed by atoms with Crippen LogP contribution in [-0.2, 0) is 9.47 Å². The molecular formula is C20H26FN3O6. The highest BCUT2D eigenvalue weighted by molar-refractivity contribution is 5.96. The van der Waals surface area contributed by atoms with Gasteiger partial charge in [0.25, 0.3) is 5.91 Å². The van der Waals surface area contributed by atoms with Crippen molar-refractivity contribution >= 4 is 23.8 Å². The van der Waals surface area contributed by atoms with Crippen LogP contribution in [0.15, 0.2) is 18.2 Å². The Morgan fingerprint density at radius 1 is 1.20 bits per heavy atom. The Hall–Kier alpha value is -2.88. The summed E-state index contributed by atoms with van der Waals surface area (Å²) in [6.45, 7) is 6.12. The van der Waals surface area contributed by atoms with E-state index < -0.39 is 35.6 Å². The first-order valence-electron chi connectivity index (χ1n) is 9.74. The minimum absolute atomic E-state index is 0.0135. The van der Waals surface area contributed by atoms with Gasteiger partial charge in [0, 0.05) is 26.2 Å². The summed E-state index contributed by atoms with van der Waals surface area (Å²) < 4.78 is 24.9. The van der Waals surface area contributed by atoms with Crippen LogP contribution in [0.2, 0.25) is 0 Å². The van der Waals surface area contributed by atoms with E-state index in [2.05, 4.69) is 0 Å². The van der Waals surface area contributed by atoms with Gasteiger partial charge >= 0.3 is 12.2 Å². The molecule has 30 heavy (non-hydrogen) atoms. The van der Waals surface area contributed by atoms with Gasteiger partial charge in [-0.15, -0.1) is 0 Å². The molecule has 0 radical (unpaired) electrons. The molecule has 0 unspecified atom stereocenters. The van der Waals surface area contributed by atoms with Crippen molar-refractivity contribution in [3.8, 4) is 0 Å². The van der Waals surface area contributed by atoms with E-state index in [0.717, 1.165) is 11.0 Å². The number of nitrogens with zero attached hydrogens (tertiary/aromatic N) is 3. The zero-order chi connectivity index (χ0) is 22.1. The minimum atomic E-state index is -0.775. The molecule has 2 fully saturated rings. The van der Waals surface area contributed by atoms with Crippen LogP contribution in [0.3, 0.4) is 0 Å². The highest BCUT2D eigenvalue weighted by atomic mass is 19.1. The van der Waals surface area contributed by atoms with Crippen LogP contribution in [-0.4, -0.2) is 84.0 Å². The number of amides is 3. The third-order valence-corrected chi connectivity index (χ3v) is 4.85. The lowest BCUT2D eigenvalue weighted by Crippen LogP contribution is -2.51. The number of aliphatic hydroxyl groups is 1. The number of carbonyl (C=O) groups is 3. The van der Waals surface area contributed by atoms with E-state index in [9.17, 15) is 23.9 Å². The second kappa shape index (κ2) is 8.47. The summed E-state index contributed by atoms with van der Waals surface area (Å²) in [5, 5.41) is 9.36. The molecule has 2 heterocycles. The Morgan fingerprint density at radius 2 is 1.83 bits per heavy atom. The molecule has 0 aromatic heterocycles. The van der Waals surface area contributed by atoms with E-state index >= 15 is 0 Å². The van der Waals surface area contributed by atoms with E-state index in [0.29, 0.717) is 0 Å². The van der Waals surface area contributed by atoms with E-state index in [4.69, 9.17) is 9.47 Å². The molecule has 2 saturated heterocycles. The Morgan fingerprint density at radius 3 is 2.40 bits per heavy atom. The Labute approximate surface area is 173 Å². The number of halogens is 1. The van der Waals surface area contributed by atoms with Gasteiger partial charge in [0.05, 0.1) is 23.9 Å². The number of hydrogen-bond acceptors (Lipinski definition) is 6. The number of benzene rings is 1. The summed E-state index contributed by atoms with van der Waals surface area (Å²) in [4.78, 5) is 40.9. The smallest absolute Gasteiger partial charge is 0.414 e. The second-order valence-electron chi connectivity index (χ2n) is 8.21. The maximum absolute atomic E-state index is 14.7. The number of ether oxygens (including phenoxy) is 2. The zero-order valence-corrected chi connectivity index (χ0v) is 17.3. The maximum atomic E-state index is 14.7. The molecule has 2 aliphatic heterocycles. The molecule has 1 atom stereocenters. The number of aliphatic hydroxyl groups excluding tert-OH is 1. The molecule has 0 spiro atoms. The summed E-state index contributed by atoms with van der Waals surface area (Å²) in [6.07, 6.45) is -1.12. The second-order valence-corrected chi connectivity index (χ2v) is 8.21. The largest absolute Gasteiger partial charge is 0.447 e. The van der Waals surface area contributed by atoms with Crippen LogP contribution >= 0.6 is 0 Å². The van der Waals surface area contributed by atoms with E-state index in [1.165, 1.54) is 21.9 Å². The Balaban J connectivity index is 1.65. The highest BCUT2D eigenvalue weighted by Gasteiger charge is 2.35. The van der Waals surface area contributed by atoms with Crippen molar-refractivity contribution in [3.05, 3.63) is 29.6 Å². The van der Waals surface area contributed by atoms with Crippen LogP contribution in [0.1, 0.15) is 31.1 Å². The summed E-state index contributed by atoms with van der Waals surface area (Å²) in [7, 11) is 0. The summed E-state index contributed by atoms with van der Waals surface area (Å²) in [5.41, 5.74) is -0.524. The van der Waals surface area contributed by atoms with Crippen LogP contribution < -0.4 is 4.90 Å². The van der Waals surface area contributed by atoms with Gasteiger partial charge < -0.3 is 24.4 Å². The van der Waals surface area contributed by atoms with E-state index in [1.807, 2.05) is 0 Å². The molecule has 0 bridgehead atoms. The van der Waals surface area contributed by atoms with Gasteiger partial charge in [-0.25, -0.2) is 14.0 Å². The van der Waals surface area contributed by atoms with Gasteiger partial charge in [-0.05, 0) is 39.0 Å². The summed E-state index contributed by atoms with van der Waals surface area (Å²) in [6, 6.07) is 3.24. The summed E-state index contributed by atoms with van der Waals surface area (Å²) >= 11 is 0. The first kappa shape index (κ1) is 21.8. The normalized spacial score (nSPS) is 19.7. The van der Waals surface area contributed by atoms with Crippen molar-refractivity contribution < 1.29 is 33.4 Å². The molecule has 1 aromatic carbocycles. The average Bonchev–Trinajstić information content (AvgIpc) is 3.06. The molecular weight excluding hydrogens is 397 g/mol. The fourth-order valence-corrected chi connectivity index (χ4v) is 3.33. The number of anilines is 1. The fraction of sp³-hybridized carbons (Fsp3) is 0.550.